The number of carbonyl (C=O) groups excluding carboxylic acids is 1. The highest BCUT2D eigenvalue weighted by Crippen LogP contribution is 2.35. The lowest BCUT2D eigenvalue weighted by Crippen LogP contribution is -2.30. The lowest BCUT2D eigenvalue weighted by Gasteiger charge is -2.21. The molecule has 0 aliphatic rings. The zero-order valence-electron chi connectivity index (χ0n) is 16.8. The first kappa shape index (κ1) is 20.9. The Hall–Kier alpha value is -2.34. The monoisotopic (exact) mass is 452 g/mol. The number of hydrogen-bond acceptors (Lipinski definition) is 4. The van der Waals surface area contributed by atoms with Crippen molar-refractivity contribution in [3.8, 4) is 0 Å². The summed E-state index contributed by atoms with van der Waals surface area (Å²) < 4.78 is 1.02. The summed E-state index contributed by atoms with van der Waals surface area (Å²) in [5.74, 6) is 0.861. The van der Waals surface area contributed by atoms with E-state index in [1.807, 2.05) is 73.7 Å². The fourth-order valence-electron chi connectivity index (χ4n) is 3.27. The van der Waals surface area contributed by atoms with Crippen LogP contribution in [0.5, 0.6) is 0 Å². The molecule has 0 bridgehead atoms. The number of carbonyl (C=O) groups is 1. The fraction of sp³-hybridized carbons (Fsp3) is 0.167. The third-order valence-electron chi connectivity index (χ3n) is 4.81. The molecule has 6 heteroatoms. The number of thioether (sulfide) groups is 1. The number of aromatic nitrogens is 1. The first-order chi connectivity index (χ1) is 14.6. The second-order valence-electron chi connectivity index (χ2n) is 6.82. The van der Waals surface area contributed by atoms with Crippen molar-refractivity contribution in [2.45, 2.75) is 25.3 Å². The number of halogens is 1. The Morgan fingerprint density at radius 3 is 2.57 bits per heavy atom. The minimum absolute atomic E-state index is 0.0433. The van der Waals surface area contributed by atoms with Crippen molar-refractivity contribution >= 4 is 56.0 Å². The van der Waals surface area contributed by atoms with Crippen molar-refractivity contribution in [2.75, 3.05) is 10.7 Å². The van der Waals surface area contributed by atoms with Gasteiger partial charge in [0.2, 0.25) is 0 Å². The van der Waals surface area contributed by atoms with Crippen LogP contribution < -0.4 is 4.90 Å². The lowest BCUT2D eigenvalue weighted by atomic mass is 10.1. The molecular formula is C24H21ClN2OS2. The Balaban J connectivity index is 1.81. The molecule has 30 heavy (non-hydrogen) atoms. The smallest absolute Gasteiger partial charge is 0.261 e. The Morgan fingerprint density at radius 1 is 1.07 bits per heavy atom. The van der Waals surface area contributed by atoms with Gasteiger partial charge >= 0.3 is 0 Å². The maximum Gasteiger partial charge on any atom is 0.261 e. The van der Waals surface area contributed by atoms with E-state index in [1.165, 1.54) is 11.3 Å². The van der Waals surface area contributed by atoms with E-state index in [0.717, 1.165) is 32.0 Å². The van der Waals surface area contributed by atoms with E-state index in [9.17, 15) is 4.79 Å². The van der Waals surface area contributed by atoms with Gasteiger partial charge in [0.25, 0.3) is 5.91 Å². The number of fused-ring (bicyclic) bond motifs is 1. The van der Waals surface area contributed by atoms with Gasteiger partial charge in [0, 0.05) is 9.92 Å². The fourth-order valence-corrected chi connectivity index (χ4v) is 5.24. The summed E-state index contributed by atoms with van der Waals surface area (Å²) in [6.45, 7) is 4.51. The van der Waals surface area contributed by atoms with Crippen molar-refractivity contribution < 1.29 is 4.79 Å². The van der Waals surface area contributed by atoms with Gasteiger partial charge in [-0.15, -0.1) is 11.8 Å². The van der Waals surface area contributed by atoms with Gasteiger partial charge < -0.3 is 0 Å². The average Bonchev–Trinajstić information content (AvgIpc) is 3.20. The molecule has 0 N–H and O–H groups in total. The summed E-state index contributed by atoms with van der Waals surface area (Å²) in [5.41, 5.74) is 3.55. The normalized spacial score (nSPS) is 11.0. The summed E-state index contributed by atoms with van der Waals surface area (Å²) in [6.07, 6.45) is 0. The summed E-state index contributed by atoms with van der Waals surface area (Å²) in [7, 11) is 0. The van der Waals surface area contributed by atoms with Crippen LogP contribution in [-0.2, 0) is 6.54 Å². The molecule has 4 aromatic rings. The predicted octanol–water partition coefficient (Wildman–Crippen LogP) is 7.22. The Labute approximate surface area is 189 Å². The van der Waals surface area contributed by atoms with Gasteiger partial charge in [-0.2, -0.15) is 0 Å². The molecule has 0 fully saturated rings. The minimum Gasteiger partial charge on any atom is -0.279 e. The molecule has 0 atom stereocenters. The number of nitrogens with zero attached hydrogens (tertiary/aromatic N) is 2. The highest BCUT2D eigenvalue weighted by atomic mass is 35.5. The third-order valence-corrected chi connectivity index (χ3v) is 7.22. The summed E-state index contributed by atoms with van der Waals surface area (Å²) in [5, 5.41) is 1.37. The van der Waals surface area contributed by atoms with Gasteiger partial charge in [0.05, 0.1) is 22.3 Å². The number of anilines is 1. The van der Waals surface area contributed by atoms with E-state index in [4.69, 9.17) is 16.6 Å². The van der Waals surface area contributed by atoms with Crippen molar-refractivity contribution in [2.24, 2.45) is 0 Å². The van der Waals surface area contributed by atoms with Gasteiger partial charge in [-0.1, -0.05) is 72.3 Å². The van der Waals surface area contributed by atoms with Gasteiger partial charge in [-0.05, 0) is 48.1 Å². The first-order valence-corrected chi connectivity index (χ1v) is 11.9. The minimum atomic E-state index is -0.0433. The molecule has 1 amide bonds. The lowest BCUT2D eigenvalue weighted by molar-refractivity contribution is 0.0982. The number of thiazole rings is 1. The van der Waals surface area contributed by atoms with Crippen LogP contribution in [0, 0.1) is 6.92 Å². The molecule has 1 aromatic heterocycles. The molecule has 0 aliphatic carbocycles. The van der Waals surface area contributed by atoms with Crippen LogP contribution in [0.25, 0.3) is 10.2 Å². The van der Waals surface area contributed by atoms with Crippen LogP contribution in [0.15, 0.2) is 71.6 Å². The largest absolute Gasteiger partial charge is 0.279 e. The van der Waals surface area contributed by atoms with E-state index < -0.39 is 0 Å². The Morgan fingerprint density at radius 2 is 1.80 bits per heavy atom. The third kappa shape index (κ3) is 4.24. The first-order valence-electron chi connectivity index (χ1n) is 9.71. The number of aryl methyl sites for hydroxylation is 1. The van der Waals surface area contributed by atoms with Crippen LogP contribution in [0.3, 0.4) is 0 Å². The maximum atomic E-state index is 13.7. The SMILES string of the molecule is CCSc1ccccc1C(=O)N(Cc1ccccc1)c1nc2c(C)c(Cl)ccc2s1. The van der Waals surface area contributed by atoms with Gasteiger partial charge in [0.15, 0.2) is 5.13 Å². The van der Waals surface area contributed by atoms with E-state index in [1.54, 1.807) is 16.7 Å². The van der Waals surface area contributed by atoms with Crippen molar-refractivity contribution in [3.63, 3.8) is 0 Å². The molecule has 0 radical (unpaired) electrons. The number of benzene rings is 3. The van der Waals surface area contributed by atoms with Crippen molar-refractivity contribution in [1.29, 1.82) is 0 Å². The van der Waals surface area contributed by atoms with E-state index in [-0.39, 0.29) is 5.91 Å². The molecule has 0 spiro atoms. The highest BCUT2D eigenvalue weighted by Gasteiger charge is 2.24. The number of amides is 1. The number of rotatable bonds is 6. The standard InChI is InChI=1S/C24H21ClN2OS2/c1-3-29-20-12-8-7-11-18(20)23(28)27(15-17-9-5-4-6-10-17)24-26-22-16(2)19(25)13-14-21(22)30-24/h4-14H,3,15H2,1-2H3. The molecule has 0 saturated heterocycles. The second-order valence-corrected chi connectivity index (χ2v) is 9.54. The van der Waals surface area contributed by atoms with Gasteiger partial charge in [0.1, 0.15) is 0 Å². The van der Waals surface area contributed by atoms with Crippen LogP contribution in [0.2, 0.25) is 5.02 Å². The quantitative estimate of drug-likeness (QED) is 0.289. The maximum absolute atomic E-state index is 13.7. The molecular weight excluding hydrogens is 432 g/mol. The summed E-state index contributed by atoms with van der Waals surface area (Å²) in [6, 6.07) is 21.7. The van der Waals surface area contributed by atoms with Crippen molar-refractivity contribution in [1.82, 2.24) is 4.98 Å². The molecule has 0 unspecified atom stereocenters. The molecule has 3 nitrogen and oxygen atoms in total. The van der Waals surface area contributed by atoms with E-state index >= 15 is 0 Å². The molecule has 4 rings (SSSR count). The van der Waals surface area contributed by atoms with Crippen molar-refractivity contribution in [3.05, 3.63) is 88.4 Å². The Bertz CT molecular complexity index is 1190. The van der Waals surface area contributed by atoms with Crippen LogP contribution in [0.1, 0.15) is 28.4 Å². The van der Waals surface area contributed by atoms with Gasteiger partial charge in [-0.3, -0.25) is 9.69 Å². The molecule has 1 heterocycles. The molecule has 0 saturated carbocycles. The molecule has 152 valence electrons. The highest BCUT2D eigenvalue weighted by molar-refractivity contribution is 7.99. The summed E-state index contributed by atoms with van der Waals surface area (Å²) in [4.78, 5) is 21.3. The van der Waals surface area contributed by atoms with E-state index in [2.05, 4.69) is 6.92 Å². The zero-order valence-corrected chi connectivity index (χ0v) is 19.2. The second kappa shape index (κ2) is 9.21. The molecule has 3 aromatic carbocycles. The predicted molar refractivity (Wildman–Crippen MR) is 129 cm³/mol. The topological polar surface area (TPSA) is 33.2 Å². The summed E-state index contributed by atoms with van der Waals surface area (Å²) >= 11 is 9.50. The number of hydrogen-bond donors (Lipinski definition) is 0. The molecule has 0 aliphatic heterocycles. The van der Waals surface area contributed by atoms with Crippen LogP contribution in [0.4, 0.5) is 5.13 Å². The van der Waals surface area contributed by atoms with E-state index in [0.29, 0.717) is 22.3 Å². The Kier molecular flexibility index (Phi) is 6.42. The van der Waals surface area contributed by atoms with Crippen LogP contribution >= 0.6 is 34.7 Å². The average molecular weight is 453 g/mol. The zero-order chi connectivity index (χ0) is 21.1. The van der Waals surface area contributed by atoms with Crippen LogP contribution in [-0.4, -0.2) is 16.6 Å². The van der Waals surface area contributed by atoms with Gasteiger partial charge in [-0.25, -0.2) is 4.98 Å².